The van der Waals surface area contributed by atoms with Gasteiger partial charge < -0.3 is 10.3 Å². The van der Waals surface area contributed by atoms with Crippen LogP contribution in [0.25, 0.3) is 11.6 Å². The summed E-state index contributed by atoms with van der Waals surface area (Å²) in [6, 6.07) is 1.68. The Hall–Kier alpha value is -1.50. The van der Waals surface area contributed by atoms with Crippen LogP contribution in [0.15, 0.2) is 10.6 Å². The SMILES string of the molecule is Nc1cc(-c2nc(C3CCCS3)no2)[nH]n1. The molecular formula is C9H11N5OS. The van der Waals surface area contributed by atoms with Gasteiger partial charge in [-0.05, 0) is 18.6 Å². The number of anilines is 1. The average molecular weight is 237 g/mol. The fraction of sp³-hybridized carbons (Fsp3) is 0.444. The fourth-order valence-electron chi connectivity index (χ4n) is 1.70. The van der Waals surface area contributed by atoms with Crippen molar-refractivity contribution in [3.8, 4) is 11.6 Å². The first-order chi connectivity index (χ1) is 7.83. The molecule has 16 heavy (non-hydrogen) atoms. The maximum absolute atomic E-state index is 5.51. The van der Waals surface area contributed by atoms with E-state index in [9.17, 15) is 0 Å². The lowest BCUT2D eigenvalue weighted by molar-refractivity contribution is 0.420. The lowest BCUT2D eigenvalue weighted by Gasteiger charge is -1.98. The molecule has 0 saturated carbocycles. The zero-order chi connectivity index (χ0) is 11.0. The van der Waals surface area contributed by atoms with Gasteiger partial charge in [-0.1, -0.05) is 5.16 Å². The van der Waals surface area contributed by atoms with E-state index in [0.717, 1.165) is 12.2 Å². The van der Waals surface area contributed by atoms with Crippen molar-refractivity contribution < 1.29 is 4.52 Å². The van der Waals surface area contributed by atoms with E-state index >= 15 is 0 Å². The van der Waals surface area contributed by atoms with Crippen molar-refractivity contribution in [3.05, 3.63) is 11.9 Å². The number of hydrogen-bond donors (Lipinski definition) is 2. The van der Waals surface area contributed by atoms with Crippen molar-refractivity contribution in [2.45, 2.75) is 18.1 Å². The molecular weight excluding hydrogens is 226 g/mol. The fourth-order valence-corrected chi connectivity index (χ4v) is 2.90. The van der Waals surface area contributed by atoms with Crippen molar-refractivity contribution in [1.82, 2.24) is 20.3 Å². The summed E-state index contributed by atoms with van der Waals surface area (Å²) in [7, 11) is 0. The van der Waals surface area contributed by atoms with E-state index in [1.807, 2.05) is 11.8 Å². The van der Waals surface area contributed by atoms with Crippen LogP contribution in [-0.4, -0.2) is 26.1 Å². The third kappa shape index (κ3) is 1.67. The van der Waals surface area contributed by atoms with Gasteiger partial charge in [-0.15, -0.1) is 0 Å². The van der Waals surface area contributed by atoms with Gasteiger partial charge in [-0.3, -0.25) is 5.10 Å². The van der Waals surface area contributed by atoms with E-state index in [-0.39, 0.29) is 0 Å². The largest absolute Gasteiger partial charge is 0.382 e. The summed E-state index contributed by atoms with van der Waals surface area (Å²) in [5.74, 6) is 2.81. The number of H-pyrrole nitrogens is 1. The molecule has 0 aliphatic carbocycles. The number of nitrogens with zero attached hydrogens (tertiary/aromatic N) is 3. The van der Waals surface area contributed by atoms with Crippen LogP contribution in [0.3, 0.4) is 0 Å². The number of thioether (sulfide) groups is 1. The summed E-state index contributed by atoms with van der Waals surface area (Å²) in [4.78, 5) is 4.35. The molecule has 1 aliphatic heterocycles. The molecule has 1 atom stereocenters. The minimum absolute atomic E-state index is 0.373. The Labute approximate surface area is 96.0 Å². The zero-order valence-electron chi connectivity index (χ0n) is 8.51. The molecule has 0 aromatic carbocycles. The van der Waals surface area contributed by atoms with E-state index < -0.39 is 0 Å². The highest BCUT2D eigenvalue weighted by atomic mass is 32.2. The topological polar surface area (TPSA) is 93.6 Å². The monoisotopic (exact) mass is 237 g/mol. The van der Waals surface area contributed by atoms with Crippen LogP contribution >= 0.6 is 11.8 Å². The van der Waals surface area contributed by atoms with Gasteiger partial charge >= 0.3 is 0 Å². The van der Waals surface area contributed by atoms with E-state index in [1.54, 1.807) is 6.07 Å². The molecule has 1 unspecified atom stereocenters. The summed E-state index contributed by atoms with van der Waals surface area (Å²) < 4.78 is 5.18. The van der Waals surface area contributed by atoms with Crippen LogP contribution in [0.1, 0.15) is 23.9 Å². The quantitative estimate of drug-likeness (QED) is 0.824. The summed E-state index contributed by atoms with van der Waals surface area (Å²) in [5, 5.41) is 10.9. The third-order valence-corrected chi connectivity index (χ3v) is 3.86. The van der Waals surface area contributed by atoms with Gasteiger partial charge in [0.1, 0.15) is 11.5 Å². The van der Waals surface area contributed by atoms with Gasteiger partial charge in [0, 0.05) is 6.07 Å². The van der Waals surface area contributed by atoms with Crippen LogP contribution in [0, 0.1) is 0 Å². The predicted octanol–water partition coefficient (Wildman–Crippen LogP) is 1.61. The Morgan fingerprint density at radius 3 is 3.19 bits per heavy atom. The highest BCUT2D eigenvalue weighted by Crippen LogP contribution is 2.38. The molecule has 0 amide bonds. The average Bonchev–Trinajstić information content (AvgIpc) is 2.97. The molecule has 3 N–H and O–H groups in total. The molecule has 0 bridgehead atoms. The Morgan fingerprint density at radius 2 is 2.50 bits per heavy atom. The van der Waals surface area contributed by atoms with Crippen molar-refractivity contribution in [1.29, 1.82) is 0 Å². The van der Waals surface area contributed by atoms with Crippen LogP contribution in [0.2, 0.25) is 0 Å². The second-order valence-corrected chi connectivity index (χ2v) is 4.98. The number of aromatic amines is 1. The summed E-state index contributed by atoms with van der Waals surface area (Å²) in [6.45, 7) is 0. The second-order valence-electron chi connectivity index (χ2n) is 3.67. The Morgan fingerprint density at radius 1 is 1.56 bits per heavy atom. The van der Waals surface area contributed by atoms with E-state index in [4.69, 9.17) is 10.3 Å². The van der Waals surface area contributed by atoms with Crippen molar-refractivity contribution in [2.24, 2.45) is 0 Å². The standard InChI is InChI=1S/C9H11N5OS/c10-7-4-5(12-13-7)9-11-8(14-15-9)6-2-1-3-16-6/h4,6H,1-3H2,(H3,10,12,13). The lowest BCUT2D eigenvalue weighted by Crippen LogP contribution is -1.91. The molecule has 0 spiro atoms. The molecule has 3 rings (SSSR count). The van der Waals surface area contributed by atoms with Gasteiger partial charge in [0.05, 0.1) is 5.25 Å². The minimum atomic E-state index is 0.373. The first-order valence-corrected chi connectivity index (χ1v) is 6.14. The molecule has 1 saturated heterocycles. The molecule has 0 radical (unpaired) electrons. The van der Waals surface area contributed by atoms with E-state index in [1.165, 1.54) is 12.2 Å². The van der Waals surface area contributed by atoms with Crippen LogP contribution < -0.4 is 5.73 Å². The van der Waals surface area contributed by atoms with Gasteiger partial charge in [0.2, 0.25) is 0 Å². The molecule has 1 fully saturated rings. The summed E-state index contributed by atoms with van der Waals surface area (Å²) in [5.41, 5.74) is 6.17. The van der Waals surface area contributed by atoms with Gasteiger partial charge in [0.15, 0.2) is 5.82 Å². The van der Waals surface area contributed by atoms with E-state index in [0.29, 0.717) is 22.7 Å². The minimum Gasteiger partial charge on any atom is -0.382 e. The lowest BCUT2D eigenvalue weighted by atomic mass is 10.2. The van der Waals surface area contributed by atoms with Crippen molar-refractivity contribution >= 4 is 17.6 Å². The summed E-state index contributed by atoms with van der Waals surface area (Å²) in [6.07, 6.45) is 2.34. The Kier molecular flexibility index (Phi) is 2.32. The number of nitrogen functional groups attached to an aromatic ring is 1. The van der Waals surface area contributed by atoms with Crippen LogP contribution in [-0.2, 0) is 0 Å². The van der Waals surface area contributed by atoms with E-state index in [2.05, 4.69) is 20.3 Å². The highest BCUT2D eigenvalue weighted by molar-refractivity contribution is 7.99. The number of nitrogens with one attached hydrogen (secondary N) is 1. The first kappa shape index (κ1) is 9.71. The molecule has 2 aromatic rings. The first-order valence-electron chi connectivity index (χ1n) is 5.09. The van der Waals surface area contributed by atoms with Crippen molar-refractivity contribution in [3.63, 3.8) is 0 Å². The molecule has 6 nitrogen and oxygen atoms in total. The molecule has 3 heterocycles. The number of hydrogen-bond acceptors (Lipinski definition) is 6. The number of nitrogens with two attached hydrogens (primary N) is 1. The van der Waals surface area contributed by atoms with Gasteiger partial charge in [-0.25, -0.2) is 0 Å². The zero-order valence-corrected chi connectivity index (χ0v) is 9.33. The second kappa shape index (κ2) is 3.82. The van der Waals surface area contributed by atoms with Crippen LogP contribution in [0.5, 0.6) is 0 Å². The number of rotatable bonds is 2. The van der Waals surface area contributed by atoms with Gasteiger partial charge in [0.25, 0.3) is 5.89 Å². The smallest absolute Gasteiger partial charge is 0.276 e. The maximum Gasteiger partial charge on any atom is 0.276 e. The normalized spacial score (nSPS) is 20.4. The predicted molar refractivity (Wildman–Crippen MR) is 60.7 cm³/mol. The molecule has 7 heteroatoms. The van der Waals surface area contributed by atoms with Gasteiger partial charge in [-0.2, -0.15) is 21.8 Å². The maximum atomic E-state index is 5.51. The van der Waals surface area contributed by atoms with Crippen molar-refractivity contribution in [2.75, 3.05) is 11.5 Å². The third-order valence-electron chi connectivity index (χ3n) is 2.49. The Bertz CT molecular complexity index is 488. The highest BCUT2D eigenvalue weighted by Gasteiger charge is 2.23. The molecule has 1 aliphatic rings. The summed E-state index contributed by atoms with van der Waals surface area (Å²) >= 11 is 1.87. The van der Waals surface area contributed by atoms with Crippen LogP contribution in [0.4, 0.5) is 5.82 Å². The number of aromatic nitrogens is 4. The molecule has 2 aromatic heterocycles. The molecule has 84 valence electrons. The Balaban J connectivity index is 1.87.